The summed E-state index contributed by atoms with van der Waals surface area (Å²) in [7, 11) is 0. The maximum absolute atomic E-state index is 6.06. The fourth-order valence-electron chi connectivity index (χ4n) is 3.48. The van der Waals surface area contributed by atoms with Crippen LogP contribution in [0.3, 0.4) is 0 Å². The van der Waals surface area contributed by atoms with Gasteiger partial charge in [0.1, 0.15) is 0 Å². The smallest absolute Gasteiger partial charge is 0.191 e. The number of hydrogen-bond acceptors (Lipinski definition) is 3. The number of hydrogen-bond donors (Lipinski definition) is 1. The fraction of sp³-hybridized carbons (Fsp3) is 0.929. The summed E-state index contributed by atoms with van der Waals surface area (Å²) in [5.74, 6) is 2.47. The molecule has 1 heterocycles. The van der Waals surface area contributed by atoms with Gasteiger partial charge in [-0.25, -0.2) is 0 Å². The Morgan fingerprint density at radius 2 is 2.24 bits per heavy atom. The first-order chi connectivity index (χ1) is 8.13. The molecule has 1 fully saturated rings. The van der Waals surface area contributed by atoms with Gasteiger partial charge < -0.3 is 10.6 Å². The Bertz CT molecular complexity index is 287. The lowest BCUT2D eigenvalue weighted by Crippen LogP contribution is -2.49. The lowest BCUT2D eigenvalue weighted by molar-refractivity contribution is 0.147. The molecule has 2 N–H and O–H groups in total. The average molecular weight is 237 g/mol. The van der Waals surface area contributed by atoms with Gasteiger partial charge in [-0.2, -0.15) is 0 Å². The summed E-state index contributed by atoms with van der Waals surface area (Å²) in [5, 5.41) is 0. The van der Waals surface area contributed by atoms with Crippen LogP contribution in [0.25, 0.3) is 0 Å². The van der Waals surface area contributed by atoms with Crippen molar-refractivity contribution in [1.82, 2.24) is 4.90 Å². The van der Waals surface area contributed by atoms with Crippen molar-refractivity contribution in [3.8, 4) is 0 Å². The molecule has 1 saturated carbocycles. The van der Waals surface area contributed by atoms with Crippen LogP contribution in [-0.4, -0.2) is 29.5 Å². The Morgan fingerprint density at radius 1 is 1.47 bits per heavy atom. The molecule has 0 aromatic heterocycles. The van der Waals surface area contributed by atoms with Gasteiger partial charge in [0.2, 0.25) is 0 Å². The van der Waals surface area contributed by atoms with Crippen LogP contribution in [0.5, 0.6) is 0 Å². The van der Waals surface area contributed by atoms with E-state index in [0.29, 0.717) is 12.1 Å². The van der Waals surface area contributed by atoms with Crippen molar-refractivity contribution in [2.75, 3.05) is 6.54 Å². The van der Waals surface area contributed by atoms with Gasteiger partial charge in [-0.1, -0.05) is 26.7 Å². The molecule has 2 rings (SSSR count). The molecule has 2 aliphatic rings. The summed E-state index contributed by atoms with van der Waals surface area (Å²) in [6.07, 6.45) is 6.67. The third-order valence-electron chi connectivity index (χ3n) is 4.65. The van der Waals surface area contributed by atoms with Gasteiger partial charge in [-0.05, 0) is 38.0 Å². The fourth-order valence-corrected chi connectivity index (χ4v) is 3.48. The van der Waals surface area contributed by atoms with Gasteiger partial charge >= 0.3 is 0 Å². The molecule has 4 atom stereocenters. The molecule has 0 aromatic rings. The van der Waals surface area contributed by atoms with E-state index in [1.165, 1.54) is 25.7 Å². The molecule has 0 radical (unpaired) electrons. The molecule has 0 spiro atoms. The zero-order valence-electron chi connectivity index (χ0n) is 11.5. The highest BCUT2D eigenvalue weighted by atomic mass is 15.3. The number of guanidine groups is 1. The van der Waals surface area contributed by atoms with Crippen molar-refractivity contribution in [2.45, 2.75) is 65.0 Å². The van der Waals surface area contributed by atoms with E-state index in [4.69, 9.17) is 5.73 Å². The number of nitrogens with zero attached hydrogens (tertiary/aromatic N) is 2. The number of aliphatic imine (C=N–C) groups is 1. The molecule has 1 aliphatic carbocycles. The van der Waals surface area contributed by atoms with E-state index >= 15 is 0 Å². The minimum Gasteiger partial charge on any atom is -0.370 e. The van der Waals surface area contributed by atoms with Crippen molar-refractivity contribution in [3.05, 3.63) is 0 Å². The Morgan fingerprint density at radius 3 is 2.88 bits per heavy atom. The van der Waals surface area contributed by atoms with Gasteiger partial charge in [-0.15, -0.1) is 0 Å². The lowest BCUT2D eigenvalue weighted by Gasteiger charge is -2.39. The first kappa shape index (κ1) is 12.7. The molecule has 0 aromatic carbocycles. The van der Waals surface area contributed by atoms with Gasteiger partial charge in [0, 0.05) is 6.04 Å². The predicted octanol–water partition coefficient (Wildman–Crippen LogP) is 2.61. The SMILES string of the molecule is CCC(C)N1C(N)=NCC1C1CCCC(C)C1. The minimum atomic E-state index is 0.531. The summed E-state index contributed by atoms with van der Waals surface area (Å²) in [6, 6.07) is 1.11. The molecule has 0 saturated heterocycles. The molecule has 0 amide bonds. The van der Waals surface area contributed by atoms with Crippen LogP contribution in [0.1, 0.15) is 52.9 Å². The highest BCUT2D eigenvalue weighted by Crippen LogP contribution is 2.35. The zero-order valence-corrected chi connectivity index (χ0v) is 11.5. The lowest BCUT2D eigenvalue weighted by atomic mass is 9.78. The van der Waals surface area contributed by atoms with E-state index in [1.807, 2.05) is 0 Å². The summed E-state index contributed by atoms with van der Waals surface area (Å²) in [5.41, 5.74) is 6.06. The minimum absolute atomic E-state index is 0.531. The first-order valence-electron chi connectivity index (χ1n) is 7.21. The maximum atomic E-state index is 6.06. The molecular weight excluding hydrogens is 210 g/mol. The molecule has 1 aliphatic heterocycles. The average Bonchev–Trinajstić information content (AvgIpc) is 2.70. The van der Waals surface area contributed by atoms with Crippen molar-refractivity contribution in [1.29, 1.82) is 0 Å². The Hall–Kier alpha value is -0.730. The monoisotopic (exact) mass is 237 g/mol. The number of rotatable bonds is 3. The van der Waals surface area contributed by atoms with Crippen molar-refractivity contribution >= 4 is 5.96 Å². The molecular formula is C14H27N3. The second kappa shape index (κ2) is 5.28. The van der Waals surface area contributed by atoms with Gasteiger partial charge in [0.05, 0.1) is 12.6 Å². The van der Waals surface area contributed by atoms with E-state index in [1.54, 1.807) is 0 Å². The summed E-state index contributed by atoms with van der Waals surface area (Å²) in [6.45, 7) is 7.82. The highest BCUT2D eigenvalue weighted by Gasteiger charge is 2.36. The van der Waals surface area contributed by atoms with Gasteiger partial charge in [-0.3, -0.25) is 4.99 Å². The molecule has 0 bridgehead atoms. The van der Waals surface area contributed by atoms with Gasteiger partial charge in [0.25, 0.3) is 0 Å². The normalized spacial score (nSPS) is 35.8. The Labute approximate surface area is 105 Å². The quantitative estimate of drug-likeness (QED) is 0.820. The summed E-state index contributed by atoms with van der Waals surface area (Å²) < 4.78 is 0. The molecule has 3 nitrogen and oxygen atoms in total. The van der Waals surface area contributed by atoms with Crippen LogP contribution in [0.15, 0.2) is 4.99 Å². The highest BCUT2D eigenvalue weighted by molar-refractivity contribution is 5.80. The van der Waals surface area contributed by atoms with E-state index in [2.05, 4.69) is 30.7 Å². The third-order valence-corrected chi connectivity index (χ3v) is 4.65. The zero-order chi connectivity index (χ0) is 12.4. The van der Waals surface area contributed by atoms with Crippen LogP contribution in [0.4, 0.5) is 0 Å². The van der Waals surface area contributed by atoms with Crippen LogP contribution in [0.2, 0.25) is 0 Å². The van der Waals surface area contributed by atoms with Crippen molar-refractivity contribution in [3.63, 3.8) is 0 Å². The van der Waals surface area contributed by atoms with E-state index < -0.39 is 0 Å². The van der Waals surface area contributed by atoms with Gasteiger partial charge in [0.15, 0.2) is 5.96 Å². The standard InChI is InChI=1S/C14H27N3/c1-4-11(3)17-13(9-16-14(17)15)12-7-5-6-10(2)8-12/h10-13H,4-9H2,1-3H3,(H2,15,16). The van der Waals surface area contributed by atoms with Crippen LogP contribution in [-0.2, 0) is 0 Å². The van der Waals surface area contributed by atoms with Crippen molar-refractivity contribution < 1.29 is 0 Å². The predicted molar refractivity (Wildman–Crippen MR) is 73.0 cm³/mol. The van der Waals surface area contributed by atoms with Crippen LogP contribution < -0.4 is 5.73 Å². The second-order valence-electron chi connectivity index (χ2n) is 5.96. The second-order valence-corrected chi connectivity index (χ2v) is 5.96. The Kier molecular flexibility index (Phi) is 3.95. The summed E-state index contributed by atoms with van der Waals surface area (Å²) in [4.78, 5) is 6.88. The number of nitrogens with two attached hydrogens (primary N) is 1. The summed E-state index contributed by atoms with van der Waals surface area (Å²) >= 11 is 0. The van der Waals surface area contributed by atoms with Crippen molar-refractivity contribution in [2.24, 2.45) is 22.6 Å². The largest absolute Gasteiger partial charge is 0.370 e. The van der Waals surface area contributed by atoms with Crippen LogP contribution in [0, 0.1) is 11.8 Å². The Balaban J connectivity index is 2.05. The topological polar surface area (TPSA) is 41.6 Å². The van der Waals surface area contributed by atoms with E-state index in [0.717, 1.165) is 30.8 Å². The maximum Gasteiger partial charge on any atom is 0.191 e. The third kappa shape index (κ3) is 2.58. The van der Waals surface area contributed by atoms with Crippen LogP contribution >= 0.6 is 0 Å². The molecule has 17 heavy (non-hydrogen) atoms. The molecule has 3 heteroatoms. The van der Waals surface area contributed by atoms with E-state index in [-0.39, 0.29) is 0 Å². The molecule has 4 unspecified atom stereocenters. The first-order valence-corrected chi connectivity index (χ1v) is 7.21. The van der Waals surface area contributed by atoms with E-state index in [9.17, 15) is 0 Å². The molecule has 98 valence electrons.